The summed E-state index contributed by atoms with van der Waals surface area (Å²) in [5.74, 6) is 0. The molecular weight excluding hydrogens is 262 g/mol. The summed E-state index contributed by atoms with van der Waals surface area (Å²) in [4.78, 5) is 2.08. The molecule has 2 N–H and O–H groups in total. The van der Waals surface area contributed by atoms with Crippen LogP contribution in [-0.4, -0.2) is 37.7 Å². The summed E-state index contributed by atoms with van der Waals surface area (Å²) in [7, 11) is 1.96. The van der Waals surface area contributed by atoms with E-state index in [2.05, 4.69) is 4.90 Å². The van der Waals surface area contributed by atoms with Crippen LogP contribution in [0.25, 0.3) is 0 Å². The molecule has 0 aromatic heterocycles. The minimum Gasteiger partial charge on any atom is -0.377 e. The van der Waals surface area contributed by atoms with Crippen LogP contribution >= 0.6 is 0 Å². The van der Waals surface area contributed by atoms with Crippen LogP contribution < -0.4 is 5.73 Å². The van der Waals surface area contributed by atoms with Crippen molar-refractivity contribution in [3.63, 3.8) is 0 Å². The lowest BCUT2D eigenvalue weighted by Gasteiger charge is -2.27. The molecule has 0 aliphatic heterocycles. The molecule has 114 valence electrons. The molecule has 0 amide bonds. The minimum absolute atomic E-state index is 0.0116. The molecular formula is C15H24F2N2O. The molecule has 1 aromatic rings. The number of alkyl halides is 2. The topological polar surface area (TPSA) is 38.5 Å². The van der Waals surface area contributed by atoms with Crippen molar-refractivity contribution < 1.29 is 13.5 Å². The van der Waals surface area contributed by atoms with Crippen molar-refractivity contribution in [1.29, 1.82) is 0 Å². The molecule has 1 atom stereocenters. The molecule has 0 saturated heterocycles. The second-order valence-corrected chi connectivity index (χ2v) is 5.12. The highest BCUT2D eigenvalue weighted by molar-refractivity contribution is 5.26. The van der Waals surface area contributed by atoms with Crippen molar-refractivity contribution in [2.75, 3.05) is 26.7 Å². The molecule has 5 heteroatoms. The average molecular weight is 286 g/mol. The molecule has 0 bridgehead atoms. The van der Waals surface area contributed by atoms with Gasteiger partial charge in [0.15, 0.2) is 0 Å². The van der Waals surface area contributed by atoms with Gasteiger partial charge in [0.05, 0.1) is 12.7 Å². The second kappa shape index (κ2) is 8.29. The number of nitrogens with zero attached hydrogens (tertiary/aromatic N) is 1. The molecule has 0 aliphatic rings. The Morgan fingerprint density at radius 2 is 1.70 bits per heavy atom. The highest BCUT2D eigenvalue weighted by Crippen LogP contribution is 2.23. The van der Waals surface area contributed by atoms with Gasteiger partial charge in [-0.25, -0.2) is 8.78 Å². The number of nitrogens with two attached hydrogens (primary N) is 1. The third-order valence-electron chi connectivity index (χ3n) is 3.22. The molecule has 0 radical (unpaired) electrons. The molecule has 0 fully saturated rings. The molecule has 0 heterocycles. The highest BCUT2D eigenvalue weighted by Gasteiger charge is 2.16. The Bertz CT molecular complexity index is 382. The monoisotopic (exact) mass is 286 g/mol. The fourth-order valence-electron chi connectivity index (χ4n) is 2.02. The van der Waals surface area contributed by atoms with Crippen molar-refractivity contribution in [1.82, 2.24) is 4.90 Å². The van der Waals surface area contributed by atoms with Gasteiger partial charge in [0.25, 0.3) is 6.43 Å². The van der Waals surface area contributed by atoms with Crippen LogP contribution in [0.1, 0.15) is 37.4 Å². The summed E-state index contributed by atoms with van der Waals surface area (Å²) in [5.41, 5.74) is 6.79. The Labute approximate surface area is 119 Å². The lowest BCUT2D eigenvalue weighted by Crippen LogP contribution is -2.33. The summed E-state index contributed by atoms with van der Waals surface area (Å²) < 4.78 is 30.6. The van der Waals surface area contributed by atoms with Gasteiger partial charge in [0.1, 0.15) is 0 Å². The predicted octanol–water partition coefficient (Wildman–Crippen LogP) is 2.98. The lowest BCUT2D eigenvalue weighted by atomic mass is 10.0. The number of benzene rings is 1. The third kappa shape index (κ3) is 5.15. The van der Waals surface area contributed by atoms with E-state index in [1.54, 1.807) is 12.1 Å². The summed E-state index contributed by atoms with van der Waals surface area (Å²) in [6, 6.07) is 6.37. The van der Waals surface area contributed by atoms with Gasteiger partial charge < -0.3 is 10.5 Å². The molecule has 3 nitrogen and oxygen atoms in total. The van der Waals surface area contributed by atoms with Crippen molar-refractivity contribution in [3.05, 3.63) is 35.4 Å². The zero-order valence-corrected chi connectivity index (χ0v) is 12.4. The Balaban J connectivity index is 2.64. The van der Waals surface area contributed by atoms with E-state index < -0.39 is 6.43 Å². The fourth-order valence-corrected chi connectivity index (χ4v) is 2.02. The van der Waals surface area contributed by atoms with Gasteiger partial charge >= 0.3 is 0 Å². The van der Waals surface area contributed by atoms with Gasteiger partial charge in [-0.15, -0.1) is 0 Å². The lowest BCUT2D eigenvalue weighted by molar-refractivity contribution is 0.0564. The number of hydrogen-bond donors (Lipinski definition) is 1. The first-order chi connectivity index (χ1) is 9.45. The van der Waals surface area contributed by atoms with E-state index >= 15 is 0 Å². The van der Waals surface area contributed by atoms with E-state index in [1.807, 2.05) is 20.9 Å². The number of likely N-dealkylation sites (N-methyl/N-ethyl adjacent to an activating group) is 1. The maximum absolute atomic E-state index is 12.5. The minimum atomic E-state index is -2.43. The van der Waals surface area contributed by atoms with E-state index in [-0.39, 0.29) is 17.7 Å². The zero-order chi connectivity index (χ0) is 15.1. The van der Waals surface area contributed by atoms with Crippen molar-refractivity contribution >= 4 is 0 Å². The van der Waals surface area contributed by atoms with E-state index in [9.17, 15) is 8.78 Å². The van der Waals surface area contributed by atoms with Crippen molar-refractivity contribution in [2.45, 2.75) is 32.4 Å². The molecule has 20 heavy (non-hydrogen) atoms. The van der Waals surface area contributed by atoms with Gasteiger partial charge in [-0.2, -0.15) is 0 Å². The van der Waals surface area contributed by atoms with Gasteiger partial charge in [-0.05, 0) is 26.5 Å². The molecule has 1 rings (SSSR count). The quantitative estimate of drug-likeness (QED) is 0.798. The van der Waals surface area contributed by atoms with Crippen LogP contribution in [0.3, 0.4) is 0 Å². The first kappa shape index (κ1) is 17.0. The summed E-state index contributed by atoms with van der Waals surface area (Å²) in [5, 5.41) is 0. The normalized spacial score (nSPS) is 13.4. The maximum atomic E-state index is 12.5. The van der Waals surface area contributed by atoms with Crippen molar-refractivity contribution in [2.24, 2.45) is 5.73 Å². The van der Waals surface area contributed by atoms with Crippen LogP contribution in [0.4, 0.5) is 8.78 Å². The molecule has 0 aliphatic carbocycles. The number of rotatable bonds is 8. The van der Waals surface area contributed by atoms with Gasteiger partial charge in [-0.1, -0.05) is 24.3 Å². The fraction of sp³-hybridized carbons (Fsp3) is 0.600. The Morgan fingerprint density at radius 3 is 2.15 bits per heavy atom. The summed E-state index contributed by atoms with van der Waals surface area (Å²) in [6.07, 6.45) is -2.23. The SMILES string of the molecule is CC(C)OCCN(C)C(CN)c1ccc(C(F)F)cc1. The molecule has 0 spiro atoms. The van der Waals surface area contributed by atoms with Crippen molar-refractivity contribution in [3.8, 4) is 0 Å². The second-order valence-electron chi connectivity index (χ2n) is 5.12. The van der Waals surface area contributed by atoms with E-state index in [0.717, 1.165) is 12.1 Å². The van der Waals surface area contributed by atoms with Crippen LogP contribution in [0.2, 0.25) is 0 Å². The highest BCUT2D eigenvalue weighted by atomic mass is 19.3. The number of hydrogen-bond acceptors (Lipinski definition) is 3. The van der Waals surface area contributed by atoms with Gasteiger partial charge in [0, 0.05) is 24.7 Å². The summed E-state index contributed by atoms with van der Waals surface area (Å²) in [6.45, 7) is 5.79. The Kier molecular flexibility index (Phi) is 7.05. The van der Waals surface area contributed by atoms with E-state index in [1.165, 1.54) is 12.1 Å². The summed E-state index contributed by atoms with van der Waals surface area (Å²) >= 11 is 0. The standard InChI is InChI=1S/C15H24F2N2O/c1-11(2)20-9-8-19(3)14(10-18)12-4-6-13(7-5-12)15(16)17/h4-7,11,14-15H,8-10,18H2,1-3H3. The van der Waals surface area contributed by atoms with Crippen LogP contribution in [0.15, 0.2) is 24.3 Å². The molecule has 0 saturated carbocycles. The molecule has 1 unspecified atom stereocenters. The van der Waals surface area contributed by atoms with Gasteiger partial charge in [-0.3, -0.25) is 4.90 Å². The average Bonchev–Trinajstić information content (AvgIpc) is 2.39. The first-order valence-electron chi connectivity index (χ1n) is 6.85. The maximum Gasteiger partial charge on any atom is 0.263 e. The third-order valence-corrected chi connectivity index (χ3v) is 3.22. The van der Waals surface area contributed by atoms with Crippen LogP contribution in [0, 0.1) is 0 Å². The zero-order valence-electron chi connectivity index (χ0n) is 12.4. The van der Waals surface area contributed by atoms with Gasteiger partial charge in [0.2, 0.25) is 0 Å². The Morgan fingerprint density at radius 1 is 1.15 bits per heavy atom. The molecule has 1 aromatic carbocycles. The first-order valence-corrected chi connectivity index (χ1v) is 6.85. The number of ether oxygens (including phenoxy) is 1. The number of halogens is 2. The van der Waals surface area contributed by atoms with Crippen LogP contribution in [0.5, 0.6) is 0 Å². The predicted molar refractivity (Wildman–Crippen MR) is 76.9 cm³/mol. The van der Waals surface area contributed by atoms with E-state index in [4.69, 9.17) is 10.5 Å². The smallest absolute Gasteiger partial charge is 0.263 e. The largest absolute Gasteiger partial charge is 0.377 e. The van der Waals surface area contributed by atoms with Crippen LogP contribution in [-0.2, 0) is 4.74 Å². The Hall–Kier alpha value is -1.04. The van der Waals surface area contributed by atoms with E-state index in [0.29, 0.717) is 13.2 Å².